The zero-order valence-electron chi connectivity index (χ0n) is 14.9. The Balaban J connectivity index is 1.52. The van der Waals surface area contributed by atoms with Gasteiger partial charge in [0.25, 0.3) is 0 Å². The maximum absolute atomic E-state index is 12.8. The van der Waals surface area contributed by atoms with Gasteiger partial charge in [-0.1, -0.05) is 12.8 Å². The highest BCUT2D eigenvalue weighted by molar-refractivity contribution is 8.01. The Bertz CT molecular complexity index is 859. The Morgan fingerprint density at radius 1 is 1.15 bits per heavy atom. The number of benzene rings is 1. The van der Waals surface area contributed by atoms with Crippen molar-refractivity contribution >= 4 is 39.3 Å². The van der Waals surface area contributed by atoms with E-state index in [9.17, 15) is 18.0 Å². The maximum atomic E-state index is 12.8. The lowest BCUT2D eigenvalue weighted by atomic mass is 10.2. The van der Waals surface area contributed by atoms with Crippen molar-refractivity contribution in [2.45, 2.75) is 59.6 Å². The van der Waals surface area contributed by atoms with Crippen molar-refractivity contribution < 1.29 is 18.0 Å². The van der Waals surface area contributed by atoms with E-state index >= 15 is 0 Å². The van der Waals surface area contributed by atoms with Gasteiger partial charge in [0, 0.05) is 24.0 Å². The Hall–Kier alpha value is -1.58. The van der Waals surface area contributed by atoms with Crippen LogP contribution in [0.3, 0.4) is 0 Å². The molecule has 1 unspecified atom stereocenters. The minimum atomic E-state index is -3.58. The predicted octanol–water partition coefficient (Wildman–Crippen LogP) is 1.94. The fourth-order valence-electron chi connectivity index (χ4n) is 3.36. The summed E-state index contributed by atoms with van der Waals surface area (Å²) >= 11 is 1.20. The molecule has 1 aromatic rings. The minimum absolute atomic E-state index is 0.0191. The molecule has 1 aromatic carbocycles. The molecule has 0 aromatic heterocycles. The fraction of sp³-hybridized carbons (Fsp3) is 0.556. The third kappa shape index (κ3) is 4.14. The molecule has 27 heavy (non-hydrogen) atoms. The summed E-state index contributed by atoms with van der Waals surface area (Å²) in [5.74, 6) is -0.538. The predicted molar refractivity (Wildman–Crippen MR) is 103 cm³/mol. The molecule has 4 rings (SSSR count). The van der Waals surface area contributed by atoms with Crippen molar-refractivity contribution in [3.63, 3.8) is 0 Å². The highest BCUT2D eigenvalue weighted by Crippen LogP contribution is 2.38. The molecule has 2 amide bonds. The minimum Gasteiger partial charge on any atom is -0.341 e. The summed E-state index contributed by atoms with van der Waals surface area (Å²) in [6.07, 6.45) is 5.88. The molecule has 9 heteroatoms. The molecular weight excluding hydrogens is 386 g/mol. The van der Waals surface area contributed by atoms with Crippen LogP contribution in [-0.4, -0.2) is 49.5 Å². The molecule has 2 aliphatic heterocycles. The number of sulfonamides is 1. The van der Waals surface area contributed by atoms with Crippen LogP contribution in [-0.2, 0) is 19.6 Å². The first kappa shape index (κ1) is 18.8. The summed E-state index contributed by atoms with van der Waals surface area (Å²) in [7, 11) is -3.58. The molecule has 2 N–H and O–H groups in total. The number of likely N-dealkylation sites (tertiary alicyclic amines) is 1. The lowest BCUT2D eigenvalue weighted by Gasteiger charge is -2.28. The van der Waals surface area contributed by atoms with E-state index in [-0.39, 0.29) is 22.8 Å². The quantitative estimate of drug-likeness (QED) is 0.741. The van der Waals surface area contributed by atoms with Crippen LogP contribution in [0.15, 0.2) is 28.0 Å². The van der Waals surface area contributed by atoms with Crippen molar-refractivity contribution in [3.8, 4) is 0 Å². The molecule has 7 nitrogen and oxygen atoms in total. The van der Waals surface area contributed by atoms with Gasteiger partial charge in [-0.3, -0.25) is 9.59 Å². The number of carbonyl (C=O) groups is 2. The molecule has 1 atom stereocenters. The topological polar surface area (TPSA) is 95.6 Å². The molecule has 2 heterocycles. The van der Waals surface area contributed by atoms with Crippen molar-refractivity contribution in [3.05, 3.63) is 18.2 Å². The van der Waals surface area contributed by atoms with Crippen LogP contribution in [0.2, 0.25) is 0 Å². The number of hydrogen-bond donors (Lipinski definition) is 2. The van der Waals surface area contributed by atoms with Crippen LogP contribution < -0.4 is 10.0 Å². The van der Waals surface area contributed by atoms with E-state index in [1.807, 2.05) is 0 Å². The van der Waals surface area contributed by atoms with Gasteiger partial charge in [-0.15, -0.1) is 11.8 Å². The third-order valence-corrected chi connectivity index (χ3v) is 7.82. The Kier molecular flexibility index (Phi) is 5.17. The highest BCUT2D eigenvalue weighted by atomic mass is 32.2. The highest BCUT2D eigenvalue weighted by Gasteiger charge is 2.36. The summed E-state index contributed by atoms with van der Waals surface area (Å²) in [5.41, 5.74) is 0.448. The molecule has 146 valence electrons. The number of rotatable bonds is 4. The van der Waals surface area contributed by atoms with E-state index in [2.05, 4.69) is 10.0 Å². The first-order valence-electron chi connectivity index (χ1n) is 9.37. The zero-order valence-corrected chi connectivity index (χ0v) is 16.6. The van der Waals surface area contributed by atoms with Crippen molar-refractivity contribution in [2.75, 3.05) is 18.4 Å². The molecule has 1 saturated heterocycles. The smallest absolute Gasteiger partial charge is 0.247 e. The second-order valence-electron chi connectivity index (χ2n) is 7.28. The van der Waals surface area contributed by atoms with E-state index in [1.165, 1.54) is 23.9 Å². The summed E-state index contributed by atoms with van der Waals surface area (Å²) in [5, 5.41) is 1.91. The molecule has 2 fully saturated rings. The standard InChI is InChI=1S/C18H23N3O4S2/c22-17-16(18(23)21-9-3-1-2-4-10-21)26-15-8-7-13(11-14(15)19-17)27(24,25)20-12-5-6-12/h7-8,11-12,16,20H,1-6,9-10H2,(H,19,22). The molecule has 1 aliphatic carbocycles. The van der Waals surface area contributed by atoms with E-state index in [1.54, 1.807) is 11.0 Å². The van der Waals surface area contributed by atoms with Gasteiger partial charge in [-0.2, -0.15) is 0 Å². The first-order valence-corrected chi connectivity index (χ1v) is 11.7. The van der Waals surface area contributed by atoms with Gasteiger partial charge < -0.3 is 10.2 Å². The van der Waals surface area contributed by atoms with Crippen LogP contribution in [0.4, 0.5) is 5.69 Å². The van der Waals surface area contributed by atoms with Gasteiger partial charge >= 0.3 is 0 Å². The van der Waals surface area contributed by atoms with E-state index in [0.717, 1.165) is 38.5 Å². The zero-order chi connectivity index (χ0) is 19.0. The lowest BCUT2D eigenvalue weighted by Crippen LogP contribution is -2.45. The van der Waals surface area contributed by atoms with E-state index in [0.29, 0.717) is 23.7 Å². The van der Waals surface area contributed by atoms with Gasteiger partial charge in [-0.05, 0) is 43.9 Å². The van der Waals surface area contributed by atoms with Crippen LogP contribution in [0.1, 0.15) is 38.5 Å². The number of anilines is 1. The number of nitrogens with one attached hydrogen (secondary N) is 2. The van der Waals surface area contributed by atoms with Crippen LogP contribution in [0.5, 0.6) is 0 Å². The molecule has 0 spiro atoms. The Morgan fingerprint density at radius 3 is 2.52 bits per heavy atom. The SMILES string of the molecule is O=C1Nc2cc(S(=O)(=O)NC3CC3)ccc2SC1C(=O)N1CCCCCC1. The van der Waals surface area contributed by atoms with Crippen molar-refractivity contribution in [1.82, 2.24) is 9.62 Å². The van der Waals surface area contributed by atoms with Gasteiger partial charge in [0.05, 0.1) is 10.6 Å². The number of hydrogen-bond acceptors (Lipinski definition) is 5. The van der Waals surface area contributed by atoms with E-state index in [4.69, 9.17) is 0 Å². The van der Waals surface area contributed by atoms with Gasteiger partial charge in [0.15, 0.2) is 5.25 Å². The van der Waals surface area contributed by atoms with Crippen molar-refractivity contribution in [2.24, 2.45) is 0 Å². The maximum Gasteiger partial charge on any atom is 0.247 e. The van der Waals surface area contributed by atoms with Gasteiger partial charge in [0.2, 0.25) is 21.8 Å². The Morgan fingerprint density at radius 2 is 1.85 bits per heavy atom. The van der Waals surface area contributed by atoms with E-state index < -0.39 is 15.3 Å². The van der Waals surface area contributed by atoms with Crippen LogP contribution in [0.25, 0.3) is 0 Å². The normalized spacial score (nSPS) is 23.3. The molecule has 0 bridgehead atoms. The van der Waals surface area contributed by atoms with Gasteiger partial charge in [0.1, 0.15) is 0 Å². The van der Waals surface area contributed by atoms with Crippen LogP contribution >= 0.6 is 11.8 Å². The number of amides is 2. The van der Waals surface area contributed by atoms with Crippen molar-refractivity contribution in [1.29, 1.82) is 0 Å². The van der Waals surface area contributed by atoms with Crippen LogP contribution in [0, 0.1) is 0 Å². The molecule has 3 aliphatic rings. The number of nitrogens with zero attached hydrogens (tertiary/aromatic N) is 1. The second kappa shape index (κ2) is 7.44. The molecule has 1 saturated carbocycles. The molecule has 0 radical (unpaired) electrons. The average molecular weight is 410 g/mol. The monoisotopic (exact) mass is 409 g/mol. The summed E-state index contributed by atoms with van der Waals surface area (Å²) in [6.45, 7) is 1.39. The summed E-state index contributed by atoms with van der Waals surface area (Å²) < 4.78 is 27.4. The van der Waals surface area contributed by atoms with Gasteiger partial charge in [-0.25, -0.2) is 13.1 Å². The Labute approximate surface area is 163 Å². The number of carbonyl (C=O) groups excluding carboxylic acids is 2. The first-order chi connectivity index (χ1) is 12.9. The lowest BCUT2D eigenvalue weighted by molar-refractivity contribution is -0.133. The number of thioether (sulfide) groups is 1. The largest absolute Gasteiger partial charge is 0.341 e. The summed E-state index contributed by atoms with van der Waals surface area (Å²) in [4.78, 5) is 28.0. The number of fused-ring (bicyclic) bond motifs is 1. The molecular formula is C18H23N3O4S2. The average Bonchev–Trinajstić information content (AvgIpc) is 3.46. The second-order valence-corrected chi connectivity index (χ2v) is 10.1. The fourth-order valence-corrected chi connectivity index (χ4v) is 5.75. The summed E-state index contributed by atoms with van der Waals surface area (Å²) in [6, 6.07) is 4.69. The third-order valence-electron chi connectivity index (χ3n) is 5.04.